The van der Waals surface area contributed by atoms with Gasteiger partial charge in [-0.3, -0.25) is 9.69 Å². The van der Waals surface area contributed by atoms with E-state index in [2.05, 4.69) is 35.3 Å². The van der Waals surface area contributed by atoms with Crippen LogP contribution in [-0.2, 0) is 4.79 Å². The van der Waals surface area contributed by atoms with Crippen LogP contribution >= 0.6 is 11.6 Å². The highest BCUT2D eigenvalue weighted by Gasteiger charge is 2.23. The maximum absolute atomic E-state index is 12.2. The number of benzene rings is 1. The van der Waals surface area contributed by atoms with Crippen LogP contribution in [0.25, 0.3) is 0 Å². The van der Waals surface area contributed by atoms with Crippen molar-refractivity contribution < 1.29 is 4.79 Å². The topological polar surface area (TPSA) is 59.4 Å². The van der Waals surface area contributed by atoms with Crippen LogP contribution in [0.5, 0.6) is 0 Å². The molecule has 1 atom stereocenters. The Balaban J connectivity index is 1.96. The lowest BCUT2D eigenvalue weighted by molar-refractivity contribution is -0.117. The van der Waals surface area contributed by atoms with E-state index in [9.17, 15) is 4.79 Å². The van der Waals surface area contributed by atoms with Gasteiger partial charge >= 0.3 is 0 Å². The smallest absolute Gasteiger partial charge is 0.238 e. The molecule has 6 heteroatoms. The van der Waals surface area contributed by atoms with Crippen molar-refractivity contribution in [3.8, 4) is 6.07 Å². The number of amides is 1. The molecule has 118 valence electrons. The average molecular weight is 321 g/mol. The summed E-state index contributed by atoms with van der Waals surface area (Å²) in [5, 5.41) is 12.4. The normalized spacial score (nSPS) is 19.0. The number of nitrogens with zero attached hydrogens (tertiary/aromatic N) is 3. The first kappa shape index (κ1) is 16.8. The third kappa shape index (κ3) is 4.44. The van der Waals surface area contributed by atoms with Crippen molar-refractivity contribution in [2.75, 3.05) is 39.0 Å². The van der Waals surface area contributed by atoms with Crippen molar-refractivity contribution in [2.24, 2.45) is 0 Å². The first-order valence-corrected chi connectivity index (χ1v) is 7.75. The van der Waals surface area contributed by atoms with Crippen molar-refractivity contribution >= 4 is 23.2 Å². The first-order valence-electron chi connectivity index (χ1n) is 7.38. The molecular formula is C16H21ClN4O. The number of carbonyl (C=O) groups is 1. The largest absolute Gasteiger partial charge is 0.324 e. The Bertz CT molecular complexity index is 582. The molecule has 1 unspecified atom stereocenters. The molecule has 1 aliphatic rings. The molecule has 1 amide bonds. The lowest BCUT2D eigenvalue weighted by Crippen LogP contribution is -2.47. The molecule has 0 aromatic heterocycles. The number of likely N-dealkylation sites (tertiary alicyclic amines) is 1. The number of likely N-dealkylation sites (N-methyl/N-ethyl adjacent to an activating group) is 1. The van der Waals surface area contributed by atoms with E-state index in [1.54, 1.807) is 18.2 Å². The zero-order chi connectivity index (χ0) is 16.1. The maximum Gasteiger partial charge on any atom is 0.238 e. The van der Waals surface area contributed by atoms with Gasteiger partial charge in [-0.15, -0.1) is 0 Å². The lowest BCUT2D eigenvalue weighted by Gasteiger charge is -2.35. The molecule has 5 nitrogen and oxygen atoms in total. The number of rotatable bonds is 4. The predicted octanol–water partition coefficient (Wildman–Crippen LogP) is 2.18. The van der Waals surface area contributed by atoms with Gasteiger partial charge in [0.1, 0.15) is 6.07 Å². The molecule has 1 aromatic carbocycles. The summed E-state index contributed by atoms with van der Waals surface area (Å²) in [4.78, 5) is 16.6. The SMILES string of the molecule is CN(C)C1CCCN(CC(=O)Nc2cc(Cl)ccc2C#N)C1. The van der Waals surface area contributed by atoms with Gasteiger partial charge in [0.2, 0.25) is 5.91 Å². The van der Waals surface area contributed by atoms with E-state index in [0.29, 0.717) is 28.9 Å². The van der Waals surface area contributed by atoms with E-state index in [4.69, 9.17) is 16.9 Å². The second-order valence-electron chi connectivity index (χ2n) is 5.84. The number of halogens is 1. The molecule has 22 heavy (non-hydrogen) atoms. The van der Waals surface area contributed by atoms with E-state index >= 15 is 0 Å². The molecule has 1 aliphatic heterocycles. The van der Waals surface area contributed by atoms with Crippen LogP contribution in [0.1, 0.15) is 18.4 Å². The Morgan fingerprint density at radius 2 is 2.32 bits per heavy atom. The molecule has 0 bridgehead atoms. The highest BCUT2D eigenvalue weighted by Crippen LogP contribution is 2.20. The molecule has 1 fully saturated rings. The van der Waals surface area contributed by atoms with E-state index in [1.807, 2.05) is 0 Å². The maximum atomic E-state index is 12.2. The quantitative estimate of drug-likeness (QED) is 0.923. The second-order valence-corrected chi connectivity index (χ2v) is 6.28. The molecule has 0 radical (unpaired) electrons. The zero-order valence-electron chi connectivity index (χ0n) is 13.0. The number of anilines is 1. The molecule has 2 rings (SSSR count). The third-order valence-electron chi connectivity index (χ3n) is 3.95. The third-order valence-corrected chi connectivity index (χ3v) is 4.19. The second kappa shape index (κ2) is 7.59. The number of nitrogens with one attached hydrogen (secondary N) is 1. The lowest BCUT2D eigenvalue weighted by atomic mass is 10.1. The predicted molar refractivity (Wildman–Crippen MR) is 87.9 cm³/mol. The van der Waals surface area contributed by atoms with E-state index in [1.165, 1.54) is 0 Å². The number of hydrogen-bond acceptors (Lipinski definition) is 4. The van der Waals surface area contributed by atoms with E-state index in [-0.39, 0.29) is 5.91 Å². The Hall–Kier alpha value is -1.61. The monoisotopic (exact) mass is 320 g/mol. The first-order chi connectivity index (χ1) is 10.5. The summed E-state index contributed by atoms with van der Waals surface area (Å²) in [5.74, 6) is -0.113. The molecule has 1 N–H and O–H groups in total. The molecule has 1 heterocycles. The van der Waals surface area contributed by atoms with Gasteiger partial charge in [-0.25, -0.2) is 0 Å². The number of piperidine rings is 1. The molecule has 0 saturated carbocycles. The number of nitriles is 1. The fraction of sp³-hybridized carbons (Fsp3) is 0.500. The molecule has 0 spiro atoms. The number of carbonyl (C=O) groups excluding carboxylic acids is 1. The van der Waals surface area contributed by atoms with Crippen LogP contribution in [0.2, 0.25) is 5.02 Å². The Labute approximate surface area is 136 Å². The van der Waals surface area contributed by atoms with Gasteiger partial charge in [0.25, 0.3) is 0 Å². The van der Waals surface area contributed by atoms with Crippen LogP contribution in [0.4, 0.5) is 5.69 Å². The van der Waals surface area contributed by atoms with Gasteiger partial charge in [0.15, 0.2) is 0 Å². The molecule has 0 aliphatic carbocycles. The summed E-state index contributed by atoms with van der Waals surface area (Å²) in [6, 6.07) is 7.41. The summed E-state index contributed by atoms with van der Waals surface area (Å²) in [5.41, 5.74) is 0.892. The average Bonchev–Trinajstić information content (AvgIpc) is 2.47. The minimum Gasteiger partial charge on any atom is -0.324 e. The highest BCUT2D eigenvalue weighted by molar-refractivity contribution is 6.31. The van der Waals surface area contributed by atoms with Crippen LogP contribution in [0.15, 0.2) is 18.2 Å². The van der Waals surface area contributed by atoms with Crippen LogP contribution in [0, 0.1) is 11.3 Å². The zero-order valence-corrected chi connectivity index (χ0v) is 13.7. The van der Waals surface area contributed by atoms with E-state index in [0.717, 1.165) is 25.9 Å². The van der Waals surface area contributed by atoms with Crippen molar-refractivity contribution in [3.05, 3.63) is 28.8 Å². The number of hydrogen-bond donors (Lipinski definition) is 1. The van der Waals surface area contributed by atoms with Gasteiger partial charge in [-0.2, -0.15) is 5.26 Å². The Morgan fingerprint density at radius 1 is 1.55 bits per heavy atom. The highest BCUT2D eigenvalue weighted by atomic mass is 35.5. The summed E-state index contributed by atoms with van der Waals surface area (Å²) in [7, 11) is 4.14. The van der Waals surface area contributed by atoms with Crippen LogP contribution < -0.4 is 5.32 Å². The Morgan fingerprint density at radius 3 is 3.00 bits per heavy atom. The van der Waals surface area contributed by atoms with Crippen LogP contribution in [0.3, 0.4) is 0 Å². The van der Waals surface area contributed by atoms with E-state index < -0.39 is 0 Å². The van der Waals surface area contributed by atoms with Gasteiger partial charge in [-0.05, 0) is 51.7 Å². The molecule has 1 saturated heterocycles. The fourth-order valence-corrected chi connectivity index (χ4v) is 2.88. The molecule has 1 aromatic rings. The van der Waals surface area contributed by atoms with Crippen LogP contribution in [-0.4, -0.2) is 55.5 Å². The summed E-state index contributed by atoms with van der Waals surface area (Å²) >= 11 is 5.93. The van der Waals surface area contributed by atoms with Gasteiger partial charge < -0.3 is 10.2 Å². The molecular weight excluding hydrogens is 300 g/mol. The summed E-state index contributed by atoms with van der Waals surface area (Å²) < 4.78 is 0. The summed E-state index contributed by atoms with van der Waals surface area (Å²) in [6.45, 7) is 2.15. The summed E-state index contributed by atoms with van der Waals surface area (Å²) in [6.07, 6.45) is 2.26. The fourth-order valence-electron chi connectivity index (χ4n) is 2.71. The van der Waals surface area contributed by atoms with Crippen molar-refractivity contribution in [1.82, 2.24) is 9.80 Å². The standard InChI is InChI=1S/C16H21ClN4O/c1-20(2)14-4-3-7-21(10-14)11-16(22)19-15-8-13(17)6-5-12(15)9-18/h5-6,8,14H,3-4,7,10-11H2,1-2H3,(H,19,22). The van der Waals surface area contributed by atoms with Gasteiger partial charge in [0, 0.05) is 17.6 Å². The van der Waals surface area contributed by atoms with Crippen molar-refractivity contribution in [1.29, 1.82) is 5.26 Å². The van der Waals surface area contributed by atoms with Gasteiger partial charge in [0.05, 0.1) is 17.8 Å². The van der Waals surface area contributed by atoms with Gasteiger partial charge in [-0.1, -0.05) is 11.6 Å². The van der Waals surface area contributed by atoms with Crippen molar-refractivity contribution in [3.63, 3.8) is 0 Å². The van der Waals surface area contributed by atoms with Crippen molar-refractivity contribution in [2.45, 2.75) is 18.9 Å². The minimum absolute atomic E-state index is 0.113. The Kier molecular flexibility index (Phi) is 5.78. The minimum atomic E-state index is -0.113.